The summed E-state index contributed by atoms with van der Waals surface area (Å²) in [5.41, 5.74) is 0. The van der Waals surface area contributed by atoms with Gasteiger partial charge in [-0.15, -0.1) is 0 Å². The molecule has 2 heteroatoms. The molecule has 0 aliphatic carbocycles. The van der Waals surface area contributed by atoms with E-state index in [-0.39, 0.29) is 6.10 Å². The lowest BCUT2D eigenvalue weighted by molar-refractivity contribution is 0.0259. The lowest BCUT2D eigenvalue weighted by atomic mass is 9.98. The first kappa shape index (κ1) is 13.9. The van der Waals surface area contributed by atoms with Gasteiger partial charge >= 0.3 is 0 Å². The fraction of sp³-hybridized carbons (Fsp3) is 1.00. The second kappa shape index (κ2) is 9.47. The van der Waals surface area contributed by atoms with Crippen molar-refractivity contribution in [2.45, 2.75) is 59.0 Å². The number of aliphatic hydroxyl groups excluding tert-OH is 1. The average molecular weight is 202 g/mol. The molecule has 2 nitrogen and oxygen atoms in total. The van der Waals surface area contributed by atoms with Crippen LogP contribution in [0.3, 0.4) is 0 Å². The highest BCUT2D eigenvalue weighted by atomic mass is 16.5. The van der Waals surface area contributed by atoms with Gasteiger partial charge in [-0.1, -0.05) is 33.1 Å². The number of unbranched alkanes of at least 4 members (excludes halogenated alkanes) is 1. The van der Waals surface area contributed by atoms with Crippen molar-refractivity contribution in [1.82, 2.24) is 0 Å². The third-order valence-corrected chi connectivity index (χ3v) is 2.38. The molecule has 0 rings (SSSR count). The van der Waals surface area contributed by atoms with Gasteiger partial charge in [0.2, 0.25) is 0 Å². The van der Waals surface area contributed by atoms with Crippen LogP contribution in [0.4, 0.5) is 0 Å². The summed E-state index contributed by atoms with van der Waals surface area (Å²) in [6.07, 6.45) is 5.97. The van der Waals surface area contributed by atoms with Crippen LogP contribution in [0, 0.1) is 5.92 Å². The molecular formula is C12H26O2. The zero-order valence-corrected chi connectivity index (χ0v) is 9.96. The van der Waals surface area contributed by atoms with E-state index in [1.807, 2.05) is 0 Å². The number of rotatable bonds is 9. The predicted molar refractivity (Wildman–Crippen MR) is 60.4 cm³/mol. The van der Waals surface area contributed by atoms with Crippen LogP contribution in [0.2, 0.25) is 0 Å². The first-order chi connectivity index (χ1) is 6.70. The van der Waals surface area contributed by atoms with Crippen molar-refractivity contribution < 1.29 is 9.84 Å². The summed E-state index contributed by atoms with van der Waals surface area (Å²) in [4.78, 5) is 0. The molecule has 0 saturated carbocycles. The van der Waals surface area contributed by atoms with Gasteiger partial charge in [-0.25, -0.2) is 0 Å². The third-order valence-electron chi connectivity index (χ3n) is 2.38. The van der Waals surface area contributed by atoms with Gasteiger partial charge in [-0.3, -0.25) is 0 Å². The molecule has 0 fully saturated rings. The van der Waals surface area contributed by atoms with Crippen molar-refractivity contribution in [2.24, 2.45) is 5.92 Å². The lowest BCUT2D eigenvalue weighted by Crippen LogP contribution is -2.16. The minimum Gasteiger partial charge on any atom is -0.391 e. The summed E-state index contributed by atoms with van der Waals surface area (Å²) in [6.45, 7) is 7.50. The topological polar surface area (TPSA) is 29.5 Å². The molecule has 0 saturated heterocycles. The predicted octanol–water partition coefficient (Wildman–Crippen LogP) is 2.99. The molecule has 0 aromatic heterocycles. The molecule has 86 valence electrons. The van der Waals surface area contributed by atoms with Crippen molar-refractivity contribution in [2.75, 3.05) is 13.2 Å². The standard InChI is InChI=1S/C12H26O2/c1-4-6-8-12(7-5-2)10-14-9-11(3)13/h11-13H,4-10H2,1-3H3. The molecule has 14 heavy (non-hydrogen) atoms. The Hall–Kier alpha value is -0.0800. The normalized spacial score (nSPS) is 15.4. The van der Waals surface area contributed by atoms with Crippen molar-refractivity contribution in [3.8, 4) is 0 Å². The van der Waals surface area contributed by atoms with Crippen molar-refractivity contribution in [1.29, 1.82) is 0 Å². The van der Waals surface area contributed by atoms with E-state index in [4.69, 9.17) is 9.84 Å². The quantitative estimate of drug-likeness (QED) is 0.623. The van der Waals surface area contributed by atoms with Crippen LogP contribution in [0.1, 0.15) is 52.9 Å². The average Bonchev–Trinajstić information content (AvgIpc) is 2.13. The van der Waals surface area contributed by atoms with Gasteiger partial charge in [0, 0.05) is 6.61 Å². The summed E-state index contributed by atoms with van der Waals surface area (Å²) in [5, 5.41) is 9.05. The Balaban J connectivity index is 3.50. The van der Waals surface area contributed by atoms with Gasteiger partial charge in [0.1, 0.15) is 0 Å². The van der Waals surface area contributed by atoms with Crippen LogP contribution >= 0.6 is 0 Å². The van der Waals surface area contributed by atoms with Crippen LogP contribution in [0.25, 0.3) is 0 Å². The summed E-state index contributed by atoms with van der Waals surface area (Å²) >= 11 is 0. The van der Waals surface area contributed by atoms with E-state index in [9.17, 15) is 0 Å². The number of ether oxygens (including phenoxy) is 1. The second-order valence-electron chi connectivity index (χ2n) is 4.18. The van der Waals surface area contributed by atoms with E-state index in [0.29, 0.717) is 12.5 Å². The van der Waals surface area contributed by atoms with E-state index >= 15 is 0 Å². The molecule has 0 spiro atoms. The summed E-state index contributed by atoms with van der Waals surface area (Å²) in [7, 11) is 0. The Labute approximate surface area is 88.7 Å². The van der Waals surface area contributed by atoms with E-state index < -0.39 is 0 Å². The molecule has 0 bridgehead atoms. The van der Waals surface area contributed by atoms with Crippen LogP contribution in [-0.2, 0) is 4.74 Å². The van der Waals surface area contributed by atoms with E-state index in [2.05, 4.69) is 13.8 Å². The summed E-state index contributed by atoms with van der Waals surface area (Å²) in [6, 6.07) is 0. The van der Waals surface area contributed by atoms with Crippen LogP contribution in [-0.4, -0.2) is 24.4 Å². The minimum absolute atomic E-state index is 0.330. The molecule has 0 heterocycles. The van der Waals surface area contributed by atoms with Crippen LogP contribution < -0.4 is 0 Å². The Bertz CT molecular complexity index is 113. The molecule has 0 aliphatic heterocycles. The minimum atomic E-state index is -0.330. The molecule has 0 aromatic carbocycles. The molecule has 1 N–H and O–H groups in total. The Morgan fingerprint density at radius 2 is 1.79 bits per heavy atom. The third kappa shape index (κ3) is 8.52. The van der Waals surface area contributed by atoms with Gasteiger partial charge < -0.3 is 9.84 Å². The van der Waals surface area contributed by atoms with Gasteiger partial charge in [0.15, 0.2) is 0 Å². The molecule has 0 radical (unpaired) electrons. The Morgan fingerprint density at radius 3 is 2.29 bits per heavy atom. The lowest BCUT2D eigenvalue weighted by Gasteiger charge is -2.16. The zero-order valence-electron chi connectivity index (χ0n) is 9.96. The highest BCUT2D eigenvalue weighted by molar-refractivity contribution is 4.58. The molecular weight excluding hydrogens is 176 g/mol. The highest BCUT2D eigenvalue weighted by Gasteiger charge is 2.07. The van der Waals surface area contributed by atoms with Gasteiger partial charge in [-0.05, 0) is 25.7 Å². The fourth-order valence-corrected chi connectivity index (χ4v) is 1.62. The zero-order chi connectivity index (χ0) is 10.8. The van der Waals surface area contributed by atoms with Gasteiger partial charge in [0.25, 0.3) is 0 Å². The van der Waals surface area contributed by atoms with E-state index in [1.54, 1.807) is 6.92 Å². The largest absolute Gasteiger partial charge is 0.391 e. The van der Waals surface area contributed by atoms with Gasteiger partial charge in [-0.2, -0.15) is 0 Å². The molecule has 2 unspecified atom stereocenters. The highest BCUT2D eigenvalue weighted by Crippen LogP contribution is 2.15. The molecule has 0 aliphatic rings. The fourth-order valence-electron chi connectivity index (χ4n) is 1.62. The molecule has 0 aromatic rings. The smallest absolute Gasteiger partial charge is 0.0745 e. The van der Waals surface area contributed by atoms with E-state index in [0.717, 1.165) is 6.61 Å². The molecule has 0 amide bonds. The summed E-state index contributed by atoms with van der Waals surface area (Å²) in [5.74, 6) is 0.693. The number of aliphatic hydroxyl groups is 1. The first-order valence-corrected chi connectivity index (χ1v) is 5.96. The van der Waals surface area contributed by atoms with E-state index in [1.165, 1.54) is 32.1 Å². The van der Waals surface area contributed by atoms with Crippen LogP contribution in [0.15, 0.2) is 0 Å². The Kier molecular flexibility index (Phi) is 9.42. The van der Waals surface area contributed by atoms with Crippen LogP contribution in [0.5, 0.6) is 0 Å². The Morgan fingerprint density at radius 1 is 1.07 bits per heavy atom. The molecule has 2 atom stereocenters. The monoisotopic (exact) mass is 202 g/mol. The second-order valence-corrected chi connectivity index (χ2v) is 4.18. The number of hydrogen-bond acceptors (Lipinski definition) is 2. The maximum absolute atomic E-state index is 9.05. The van der Waals surface area contributed by atoms with Crippen molar-refractivity contribution in [3.05, 3.63) is 0 Å². The maximum Gasteiger partial charge on any atom is 0.0745 e. The van der Waals surface area contributed by atoms with Gasteiger partial charge in [0.05, 0.1) is 12.7 Å². The maximum atomic E-state index is 9.05. The summed E-state index contributed by atoms with van der Waals surface area (Å²) < 4.78 is 5.46. The number of hydrogen-bond donors (Lipinski definition) is 1. The van der Waals surface area contributed by atoms with Crippen molar-refractivity contribution >= 4 is 0 Å². The van der Waals surface area contributed by atoms with Crippen molar-refractivity contribution in [3.63, 3.8) is 0 Å². The SMILES string of the molecule is CCCCC(CCC)COCC(C)O. The first-order valence-electron chi connectivity index (χ1n) is 5.96.